The first kappa shape index (κ1) is 16.9. The van der Waals surface area contributed by atoms with Crippen LogP contribution < -0.4 is 4.90 Å². The van der Waals surface area contributed by atoms with Crippen LogP contribution in [0.15, 0.2) is 54.7 Å². The normalized spacial score (nSPS) is 15.3. The molecule has 2 N–H and O–H groups in total. The van der Waals surface area contributed by atoms with Gasteiger partial charge in [-0.05, 0) is 30.2 Å². The van der Waals surface area contributed by atoms with E-state index in [-0.39, 0.29) is 5.91 Å². The number of nitrogens with zero attached hydrogens (tertiary/aromatic N) is 3. The van der Waals surface area contributed by atoms with Crippen LogP contribution in [0.25, 0.3) is 21.9 Å². The molecule has 1 aliphatic heterocycles. The third-order valence-corrected chi connectivity index (χ3v) is 5.54. The van der Waals surface area contributed by atoms with E-state index in [0.717, 1.165) is 66.0 Å². The summed E-state index contributed by atoms with van der Waals surface area (Å²) < 4.78 is 0. The van der Waals surface area contributed by atoms with Gasteiger partial charge in [-0.2, -0.15) is 0 Å². The lowest BCUT2D eigenvalue weighted by molar-refractivity contribution is -0.130. The maximum absolute atomic E-state index is 12.9. The number of nitrogens with one attached hydrogen (secondary N) is 2. The highest BCUT2D eigenvalue weighted by molar-refractivity contribution is 5.89. The number of imidazole rings is 1. The minimum Gasteiger partial charge on any atom is -0.361 e. The Bertz CT molecular complexity index is 1100. The lowest BCUT2D eigenvalue weighted by Crippen LogP contribution is -2.36. The van der Waals surface area contributed by atoms with E-state index in [1.54, 1.807) is 0 Å². The van der Waals surface area contributed by atoms with Crippen molar-refractivity contribution in [2.45, 2.75) is 12.8 Å². The molecule has 1 aliphatic rings. The summed E-state index contributed by atoms with van der Waals surface area (Å²) in [4.78, 5) is 28.5. The maximum Gasteiger partial charge on any atom is 0.227 e. The minimum absolute atomic E-state index is 0.191. The molecule has 0 aliphatic carbocycles. The Kier molecular flexibility index (Phi) is 4.24. The van der Waals surface area contributed by atoms with E-state index in [0.29, 0.717) is 6.42 Å². The van der Waals surface area contributed by atoms with Gasteiger partial charge >= 0.3 is 0 Å². The van der Waals surface area contributed by atoms with Crippen molar-refractivity contribution in [3.05, 3.63) is 60.3 Å². The quantitative estimate of drug-likeness (QED) is 0.579. The summed E-state index contributed by atoms with van der Waals surface area (Å²) in [7, 11) is 0. The van der Waals surface area contributed by atoms with Crippen molar-refractivity contribution >= 4 is 33.8 Å². The number of fused-ring (bicyclic) bond motifs is 2. The van der Waals surface area contributed by atoms with Gasteiger partial charge in [0.25, 0.3) is 0 Å². The lowest BCUT2D eigenvalue weighted by atomic mass is 10.1. The van der Waals surface area contributed by atoms with Crippen molar-refractivity contribution in [2.24, 2.45) is 0 Å². The van der Waals surface area contributed by atoms with Gasteiger partial charge in [0.05, 0.1) is 17.5 Å². The number of rotatable bonds is 3. The largest absolute Gasteiger partial charge is 0.361 e. The number of aromatic amines is 2. The molecule has 1 saturated heterocycles. The van der Waals surface area contributed by atoms with Crippen LogP contribution in [0, 0.1) is 0 Å². The van der Waals surface area contributed by atoms with Crippen LogP contribution in [0.5, 0.6) is 0 Å². The highest BCUT2D eigenvalue weighted by Gasteiger charge is 2.21. The second-order valence-electron chi connectivity index (χ2n) is 7.34. The molecule has 0 radical (unpaired) electrons. The monoisotopic (exact) mass is 373 g/mol. The Morgan fingerprint density at radius 2 is 1.79 bits per heavy atom. The molecular formula is C22H23N5O. The molecule has 0 saturated carbocycles. The Morgan fingerprint density at radius 3 is 2.68 bits per heavy atom. The average molecular weight is 373 g/mol. The zero-order chi connectivity index (χ0) is 18.9. The second kappa shape index (κ2) is 7.03. The molecule has 142 valence electrons. The van der Waals surface area contributed by atoms with E-state index >= 15 is 0 Å². The molecule has 2 aromatic heterocycles. The third kappa shape index (κ3) is 3.11. The smallest absolute Gasteiger partial charge is 0.227 e. The van der Waals surface area contributed by atoms with Gasteiger partial charge in [-0.1, -0.05) is 30.3 Å². The number of para-hydroxylation sites is 3. The van der Waals surface area contributed by atoms with Gasteiger partial charge in [0, 0.05) is 43.3 Å². The summed E-state index contributed by atoms with van der Waals surface area (Å²) >= 11 is 0. The summed E-state index contributed by atoms with van der Waals surface area (Å²) in [5, 5.41) is 1.13. The van der Waals surface area contributed by atoms with Crippen LogP contribution in [0.4, 0.5) is 5.95 Å². The first-order valence-electron chi connectivity index (χ1n) is 9.80. The van der Waals surface area contributed by atoms with Crippen molar-refractivity contribution in [3.8, 4) is 0 Å². The molecule has 4 aromatic rings. The van der Waals surface area contributed by atoms with Gasteiger partial charge in [-0.3, -0.25) is 4.79 Å². The third-order valence-electron chi connectivity index (χ3n) is 5.54. The predicted octanol–water partition coefficient (Wildman–Crippen LogP) is 3.33. The Balaban J connectivity index is 1.28. The molecular weight excluding hydrogens is 350 g/mol. The van der Waals surface area contributed by atoms with Crippen LogP contribution >= 0.6 is 0 Å². The van der Waals surface area contributed by atoms with Crippen molar-refractivity contribution in [1.29, 1.82) is 0 Å². The lowest BCUT2D eigenvalue weighted by Gasteiger charge is -2.21. The van der Waals surface area contributed by atoms with Crippen LogP contribution in [-0.2, 0) is 11.2 Å². The molecule has 0 bridgehead atoms. The van der Waals surface area contributed by atoms with Crippen LogP contribution in [0.3, 0.4) is 0 Å². The van der Waals surface area contributed by atoms with Crippen LogP contribution in [0.2, 0.25) is 0 Å². The van der Waals surface area contributed by atoms with Gasteiger partial charge in [0.1, 0.15) is 0 Å². The number of amides is 1. The Labute approximate surface area is 163 Å². The Morgan fingerprint density at radius 1 is 0.964 bits per heavy atom. The molecule has 3 heterocycles. The molecule has 2 aromatic carbocycles. The number of H-pyrrole nitrogens is 2. The molecule has 6 heteroatoms. The van der Waals surface area contributed by atoms with Crippen molar-refractivity contribution in [1.82, 2.24) is 19.9 Å². The summed E-state index contributed by atoms with van der Waals surface area (Å²) in [6, 6.07) is 16.2. The zero-order valence-electron chi connectivity index (χ0n) is 15.7. The summed E-state index contributed by atoms with van der Waals surface area (Å²) in [5.74, 6) is 1.09. The fourth-order valence-corrected chi connectivity index (χ4v) is 4.02. The molecule has 0 atom stereocenters. The molecule has 1 fully saturated rings. The van der Waals surface area contributed by atoms with Crippen molar-refractivity contribution < 1.29 is 4.79 Å². The molecule has 28 heavy (non-hydrogen) atoms. The van der Waals surface area contributed by atoms with E-state index in [1.165, 1.54) is 0 Å². The number of benzene rings is 2. The summed E-state index contributed by atoms with van der Waals surface area (Å²) in [5.41, 5.74) is 4.18. The average Bonchev–Trinajstić information content (AvgIpc) is 3.24. The molecule has 0 spiro atoms. The fraction of sp³-hybridized carbons (Fsp3) is 0.273. The maximum atomic E-state index is 12.9. The minimum atomic E-state index is 0.191. The second-order valence-corrected chi connectivity index (χ2v) is 7.34. The fourth-order valence-electron chi connectivity index (χ4n) is 4.02. The van der Waals surface area contributed by atoms with Gasteiger partial charge < -0.3 is 19.8 Å². The number of aromatic nitrogens is 3. The first-order valence-corrected chi connectivity index (χ1v) is 9.80. The van der Waals surface area contributed by atoms with E-state index in [4.69, 9.17) is 4.98 Å². The highest BCUT2D eigenvalue weighted by Crippen LogP contribution is 2.21. The van der Waals surface area contributed by atoms with E-state index in [2.05, 4.69) is 20.9 Å². The number of anilines is 1. The standard InChI is InChI=1S/C22H23N5O/c28-21(14-16-15-23-18-7-2-1-6-17(16)18)26-10-5-11-27(13-12-26)22-24-19-8-3-4-9-20(19)25-22/h1-4,6-9,15,23H,5,10-14H2,(H,24,25). The topological polar surface area (TPSA) is 68.0 Å². The Hall–Kier alpha value is -3.28. The number of hydrogen-bond donors (Lipinski definition) is 2. The van der Waals surface area contributed by atoms with Gasteiger partial charge in [-0.15, -0.1) is 0 Å². The number of carbonyl (C=O) groups excluding carboxylic acids is 1. The van der Waals surface area contributed by atoms with Crippen LogP contribution in [-0.4, -0.2) is 51.9 Å². The molecule has 1 amide bonds. The van der Waals surface area contributed by atoms with Crippen LogP contribution in [0.1, 0.15) is 12.0 Å². The SMILES string of the molecule is O=C(Cc1c[nH]c2ccccc12)N1CCCN(c2nc3ccccc3[nH]2)CC1. The number of carbonyl (C=O) groups is 1. The summed E-state index contributed by atoms with van der Waals surface area (Å²) in [6.45, 7) is 3.20. The molecule has 6 nitrogen and oxygen atoms in total. The summed E-state index contributed by atoms with van der Waals surface area (Å²) in [6.07, 6.45) is 3.34. The van der Waals surface area contributed by atoms with Gasteiger partial charge in [0.15, 0.2) is 0 Å². The first-order chi connectivity index (χ1) is 13.8. The predicted molar refractivity (Wildman–Crippen MR) is 112 cm³/mol. The zero-order valence-corrected chi connectivity index (χ0v) is 15.7. The molecule has 0 unspecified atom stereocenters. The highest BCUT2D eigenvalue weighted by atomic mass is 16.2. The van der Waals surface area contributed by atoms with Crippen molar-refractivity contribution in [2.75, 3.05) is 31.1 Å². The van der Waals surface area contributed by atoms with Gasteiger partial charge in [0.2, 0.25) is 11.9 Å². The number of hydrogen-bond acceptors (Lipinski definition) is 3. The van der Waals surface area contributed by atoms with Crippen molar-refractivity contribution in [3.63, 3.8) is 0 Å². The molecule has 5 rings (SSSR count). The van der Waals surface area contributed by atoms with E-state index < -0.39 is 0 Å². The van der Waals surface area contributed by atoms with E-state index in [9.17, 15) is 4.79 Å². The van der Waals surface area contributed by atoms with Gasteiger partial charge in [-0.25, -0.2) is 4.98 Å². The van der Waals surface area contributed by atoms with E-state index in [1.807, 2.05) is 53.6 Å².